The molecule has 0 bridgehead atoms. The predicted molar refractivity (Wildman–Crippen MR) is 109 cm³/mol. The van der Waals surface area contributed by atoms with Crippen molar-refractivity contribution in [1.29, 1.82) is 0 Å². The van der Waals surface area contributed by atoms with E-state index >= 15 is 0 Å². The van der Waals surface area contributed by atoms with Crippen molar-refractivity contribution >= 4 is 22.1 Å². The van der Waals surface area contributed by atoms with Crippen molar-refractivity contribution in [3.63, 3.8) is 0 Å². The molecule has 1 aromatic heterocycles. The lowest BCUT2D eigenvalue weighted by atomic mass is 10.2. The number of furan rings is 1. The van der Waals surface area contributed by atoms with Gasteiger partial charge < -0.3 is 9.15 Å². The Morgan fingerprint density at radius 1 is 1.07 bits per heavy atom. The van der Waals surface area contributed by atoms with Gasteiger partial charge in [-0.15, -0.1) is 0 Å². The molecule has 1 heterocycles. The molecule has 7 heteroatoms. The Morgan fingerprint density at radius 2 is 1.79 bits per heavy atom. The Balaban J connectivity index is 1.53. The maximum absolute atomic E-state index is 12.3. The molecule has 0 spiro atoms. The van der Waals surface area contributed by atoms with E-state index in [2.05, 4.69) is 4.72 Å². The Labute approximate surface area is 169 Å². The third kappa shape index (κ3) is 6.17. The summed E-state index contributed by atoms with van der Waals surface area (Å²) < 4.78 is 37.4. The van der Waals surface area contributed by atoms with E-state index in [-0.39, 0.29) is 18.0 Å². The van der Waals surface area contributed by atoms with Gasteiger partial charge in [0.2, 0.25) is 10.0 Å². The molecule has 29 heavy (non-hydrogen) atoms. The highest BCUT2D eigenvalue weighted by molar-refractivity contribution is 7.89. The molecule has 0 saturated carbocycles. The molecule has 0 aliphatic carbocycles. The predicted octanol–water partition coefficient (Wildman–Crippen LogP) is 3.82. The van der Waals surface area contributed by atoms with Crippen molar-refractivity contribution < 1.29 is 22.4 Å². The van der Waals surface area contributed by atoms with Crippen LogP contribution >= 0.6 is 0 Å². The summed E-state index contributed by atoms with van der Waals surface area (Å²) in [5.74, 6) is 0.0552. The van der Waals surface area contributed by atoms with Crippen LogP contribution in [-0.4, -0.2) is 14.4 Å². The monoisotopic (exact) mass is 411 g/mol. The first-order chi connectivity index (χ1) is 13.9. The van der Waals surface area contributed by atoms with Crippen LogP contribution in [0.5, 0.6) is 0 Å². The minimum atomic E-state index is -3.65. The van der Waals surface area contributed by atoms with Crippen molar-refractivity contribution in [3.8, 4) is 0 Å². The van der Waals surface area contributed by atoms with Gasteiger partial charge in [-0.05, 0) is 48.4 Å². The number of rotatable bonds is 8. The molecule has 150 valence electrons. The molecule has 2 aromatic carbocycles. The fourth-order valence-corrected chi connectivity index (χ4v) is 3.47. The number of hydrogen-bond donors (Lipinski definition) is 1. The standard InChI is InChI=1S/C22H21NO5S/c1-17-4-6-19(7-5-17)16-28-22(24)13-10-18-8-11-21(12-9-18)29(25,26)23-15-20-3-2-14-27-20/h2-14,23H,15-16H2,1H3/b13-10+. The van der Waals surface area contributed by atoms with Crippen molar-refractivity contribution in [3.05, 3.63) is 95.5 Å². The lowest BCUT2D eigenvalue weighted by molar-refractivity contribution is -0.138. The third-order valence-corrected chi connectivity index (χ3v) is 5.54. The molecule has 6 nitrogen and oxygen atoms in total. The van der Waals surface area contributed by atoms with Gasteiger partial charge in [0, 0.05) is 6.08 Å². The first kappa shape index (κ1) is 20.6. The molecule has 0 aliphatic heterocycles. The largest absolute Gasteiger partial charge is 0.468 e. The molecular formula is C22H21NO5S. The summed E-state index contributed by atoms with van der Waals surface area (Å²) in [5.41, 5.74) is 2.73. The number of hydrogen-bond acceptors (Lipinski definition) is 5. The SMILES string of the molecule is Cc1ccc(COC(=O)/C=C/c2ccc(S(=O)(=O)NCc3ccco3)cc2)cc1. The summed E-state index contributed by atoms with van der Waals surface area (Å²) in [6.45, 7) is 2.26. The highest BCUT2D eigenvalue weighted by Gasteiger charge is 2.14. The minimum Gasteiger partial charge on any atom is -0.468 e. The topological polar surface area (TPSA) is 85.6 Å². The summed E-state index contributed by atoms with van der Waals surface area (Å²) in [4.78, 5) is 12.0. The van der Waals surface area contributed by atoms with Gasteiger partial charge in [0.15, 0.2) is 0 Å². The Kier molecular flexibility index (Phi) is 6.64. The van der Waals surface area contributed by atoms with Gasteiger partial charge in [-0.1, -0.05) is 42.0 Å². The summed E-state index contributed by atoms with van der Waals surface area (Å²) in [6, 6.07) is 17.3. The van der Waals surface area contributed by atoms with Crippen LogP contribution < -0.4 is 4.72 Å². The maximum Gasteiger partial charge on any atom is 0.331 e. The highest BCUT2D eigenvalue weighted by Crippen LogP contribution is 2.13. The van der Waals surface area contributed by atoms with E-state index in [1.54, 1.807) is 30.3 Å². The maximum atomic E-state index is 12.3. The van der Waals surface area contributed by atoms with Crippen molar-refractivity contribution in [2.45, 2.75) is 25.0 Å². The molecule has 0 radical (unpaired) electrons. The Hall–Kier alpha value is -3.16. The van der Waals surface area contributed by atoms with Gasteiger partial charge in [0.1, 0.15) is 12.4 Å². The van der Waals surface area contributed by atoms with E-state index in [1.807, 2.05) is 31.2 Å². The van der Waals surface area contributed by atoms with Gasteiger partial charge >= 0.3 is 5.97 Å². The average Bonchev–Trinajstić information content (AvgIpc) is 3.24. The van der Waals surface area contributed by atoms with Crippen LogP contribution in [0.25, 0.3) is 6.08 Å². The zero-order chi connectivity index (χ0) is 20.7. The van der Waals surface area contributed by atoms with Gasteiger partial charge in [-0.3, -0.25) is 0 Å². The van der Waals surface area contributed by atoms with Crippen LogP contribution in [0.15, 0.2) is 82.3 Å². The van der Waals surface area contributed by atoms with E-state index in [1.165, 1.54) is 24.5 Å². The number of benzene rings is 2. The van der Waals surface area contributed by atoms with Crippen LogP contribution in [0.4, 0.5) is 0 Å². The second kappa shape index (κ2) is 9.36. The lowest BCUT2D eigenvalue weighted by Gasteiger charge is -2.06. The summed E-state index contributed by atoms with van der Waals surface area (Å²) in [5, 5.41) is 0. The summed E-state index contributed by atoms with van der Waals surface area (Å²) >= 11 is 0. The molecule has 0 atom stereocenters. The summed E-state index contributed by atoms with van der Waals surface area (Å²) in [7, 11) is -3.65. The highest BCUT2D eigenvalue weighted by atomic mass is 32.2. The van der Waals surface area contributed by atoms with E-state index in [4.69, 9.17) is 9.15 Å². The molecule has 3 aromatic rings. The number of carbonyl (C=O) groups excluding carboxylic acids is 1. The summed E-state index contributed by atoms with van der Waals surface area (Å²) in [6.07, 6.45) is 4.37. The van der Waals surface area contributed by atoms with E-state index < -0.39 is 16.0 Å². The molecule has 0 unspecified atom stereocenters. The average molecular weight is 411 g/mol. The zero-order valence-electron chi connectivity index (χ0n) is 15.9. The van der Waals surface area contributed by atoms with Gasteiger partial charge in [0.25, 0.3) is 0 Å². The van der Waals surface area contributed by atoms with Crippen LogP contribution in [0, 0.1) is 6.92 Å². The molecule has 0 aliphatic rings. The number of aryl methyl sites for hydroxylation is 1. The van der Waals surface area contributed by atoms with Crippen LogP contribution in [0.3, 0.4) is 0 Å². The molecule has 1 N–H and O–H groups in total. The van der Waals surface area contributed by atoms with Crippen molar-refractivity contribution in [2.24, 2.45) is 0 Å². The quantitative estimate of drug-likeness (QED) is 0.450. The second-order valence-corrected chi connectivity index (χ2v) is 8.17. The third-order valence-electron chi connectivity index (χ3n) is 4.12. The fraction of sp³-hybridized carbons (Fsp3) is 0.136. The lowest BCUT2D eigenvalue weighted by Crippen LogP contribution is -2.22. The smallest absolute Gasteiger partial charge is 0.331 e. The van der Waals surface area contributed by atoms with Crippen molar-refractivity contribution in [2.75, 3.05) is 0 Å². The number of nitrogens with one attached hydrogen (secondary N) is 1. The normalized spacial score (nSPS) is 11.6. The Bertz CT molecular complexity index is 1070. The first-order valence-electron chi connectivity index (χ1n) is 8.95. The fourth-order valence-electron chi connectivity index (χ4n) is 2.47. The van der Waals surface area contributed by atoms with E-state index in [9.17, 15) is 13.2 Å². The molecular weight excluding hydrogens is 390 g/mol. The number of carbonyl (C=O) groups is 1. The molecule has 0 fully saturated rings. The molecule has 0 saturated heterocycles. The van der Waals surface area contributed by atoms with Crippen LogP contribution in [0.1, 0.15) is 22.5 Å². The number of sulfonamides is 1. The van der Waals surface area contributed by atoms with Crippen LogP contribution in [0.2, 0.25) is 0 Å². The zero-order valence-corrected chi connectivity index (χ0v) is 16.7. The van der Waals surface area contributed by atoms with Gasteiger partial charge in [0.05, 0.1) is 17.7 Å². The minimum absolute atomic E-state index is 0.0732. The van der Waals surface area contributed by atoms with Crippen molar-refractivity contribution in [1.82, 2.24) is 4.72 Å². The van der Waals surface area contributed by atoms with Gasteiger partial charge in [-0.2, -0.15) is 0 Å². The Morgan fingerprint density at radius 3 is 2.45 bits per heavy atom. The molecule has 0 amide bonds. The molecule has 3 rings (SSSR count). The van der Waals surface area contributed by atoms with E-state index in [0.717, 1.165) is 11.1 Å². The van der Waals surface area contributed by atoms with E-state index in [0.29, 0.717) is 11.3 Å². The van der Waals surface area contributed by atoms with Gasteiger partial charge in [-0.25, -0.2) is 17.9 Å². The number of ether oxygens (including phenoxy) is 1. The first-order valence-corrected chi connectivity index (χ1v) is 10.4. The number of esters is 1. The second-order valence-electron chi connectivity index (χ2n) is 6.40. The van der Waals surface area contributed by atoms with Crippen LogP contribution in [-0.2, 0) is 32.7 Å².